The Kier molecular flexibility index (Phi) is 50.1. The minimum Gasteiger partial charge on any atom is -0.481 e. The number of aliphatic carboxylic acids is 3. The van der Waals surface area contributed by atoms with Gasteiger partial charge in [-0.25, -0.2) is 15.4 Å². The Balaban J connectivity index is 7.73. The van der Waals surface area contributed by atoms with Crippen molar-refractivity contribution in [2.24, 2.45) is 23.6 Å². The number of carboxylic acid groups (broad SMARTS) is 3. The van der Waals surface area contributed by atoms with Gasteiger partial charge in [0.05, 0.1) is 61.6 Å². The Labute approximate surface area is 612 Å². The number of aliphatic hydroxyl groups excluding tert-OH is 16. The predicted molar refractivity (Wildman–Crippen MR) is 366 cm³/mol. The van der Waals surface area contributed by atoms with Crippen LogP contribution in [0.2, 0.25) is 0 Å². The van der Waals surface area contributed by atoms with Gasteiger partial charge in [-0.15, -0.1) is 0 Å². The van der Waals surface area contributed by atoms with Gasteiger partial charge in [0.2, 0.25) is 35.4 Å². The SMILES string of the molecule is CC(C)(SSCCO)[C@H](NC(=O)[C@H](CCC(=O)NC[C@H](O)[C@@H](O)[C@H](O)[C@H](O)CO)CC(=O)[C@H](CCC(=O)O)NC(=O)[C@H](CCC(=O)NC[C@H](O)[C@@H](O)[C@H](O)[C@H](O)CO)CC(=O)[C@H](CCC(=O)O)NC(=O)[C@H](CCC(=O)NC[C@H](O)[C@@H](O)[C@H](O)[C@H](O)CO)CC(=O)CCSSCCOC(=O)NN)C(=O)O. The lowest BCUT2D eigenvalue weighted by Crippen LogP contribution is -2.54. The number of carboxylic acids is 3. The maximum atomic E-state index is 14.7. The Hall–Kier alpha value is -5.77. The van der Waals surface area contributed by atoms with Gasteiger partial charge in [0, 0.05) is 112 Å². The van der Waals surface area contributed by atoms with Gasteiger partial charge in [0.25, 0.3) is 0 Å². The van der Waals surface area contributed by atoms with E-state index >= 15 is 0 Å². The number of nitrogens with one attached hydrogen (secondary N) is 7. The smallest absolute Gasteiger partial charge is 0.421 e. The summed E-state index contributed by atoms with van der Waals surface area (Å²) in [5.41, 5.74) is 1.76. The molecule has 41 nitrogen and oxygen atoms in total. The molecular formula is C59H102N8O33S4. The van der Waals surface area contributed by atoms with Gasteiger partial charge in [0.1, 0.15) is 73.4 Å². The maximum absolute atomic E-state index is 14.7. The van der Waals surface area contributed by atoms with E-state index in [-0.39, 0.29) is 36.9 Å². The van der Waals surface area contributed by atoms with Gasteiger partial charge in [0.15, 0.2) is 11.6 Å². The van der Waals surface area contributed by atoms with Crippen molar-refractivity contribution >= 4 is 120 Å². The number of hydrazine groups is 1. The molecule has 0 aromatic heterocycles. The largest absolute Gasteiger partial charge is 0.481 e. The number of hydrogen-bond acceptors (Lipinski definition) is 35. The van der Waals surface area contributed by atoms with Gasteiger partial charge in [-0.05, 0) is 46.0 Å². The van der Waals surface area contributed by atoms with Crippen LogP contribution in [0.25, 0.3) is 0 Å². The van der Waals surface area contributed by atoms with E-state index in [1.807, 2.05) is 0 Å². The van der Waals surface area contributed by atoms with Gasteiger partial charge in [-0.3, -0.25) is 58.2 Å². The lowest BCUT2D eigenvalue weighted by atomic mass is 9.89. The lowest BCUT2D eigenvalue weighted by molar-refractivity contribution is -0.143. The van der Waals surface area contributed by atoms with Crippen molar-refractivity contribution < 1.29 is 164 Å². The normalized spacial score (nSPS) is 16.9. The van der Waals surface area contributed by atoms with Gasteiger partial charge in [-0.2, -0.15) is 0 Å². The number of aliphatic hydroxyl groups is 16. The van der Waals surface area contributed by atoms with E-state index < -0.39 is 314 Å². The second-order valence-electron chi connectivity index (χ2n) is 24.3. The number of amides is 7. The number of ether oxygens (including phenoxy) is 1. The molecule has 104 heavy (non-hydrogen) atoms. The highest BCUT2D eigenvalue weighted by Crippen LogP contribution is 2.38. The fourth-order valence-corrected chi connectivity index (χ4v) is 13.6. The molecule has 0 heterocycles. The van der Waals surface area contributed by atoms with Crippen LogP contribution in [0.4, 0.5) is 4.79 Å². The first-order chi connectivity index (χ1) is 48.7. The summed E-state index contributed by atoms with van der Waals surface area (Å²) >= 11 is 0. The number of ketones is 3. The van der Waals surface area contributed by atoms with E-state index in [1.54, 1.807) is 5.43 Å². The van der Waals surface area contributed by atoms with Crippen LogP contribution in [-0.2, 0) is 62.3 Å². The summed E-state index contributed by atoms with van der Waals surface area (Å²) in [5, 5.41) is 202. The maximum Gasteiger partial charge on any atom is 0.421 e. The average Bonchev–Trinajstić information content (AvgIpc) is 0.833. The van der Waals surface area contributed by atoms with E-state index in [1.165, 1.54) is 24.6 Å². The van der Waals surface area contributed by atoms with Gasteiger partial charge < -0.3 is 134 Å². The first-order valence-corrected chi connectivity index (χ1v) is 37.3. The Morgan fingerprint density at radius 1 is 0.423 bits per heavy atom. The van der Waals surface area contributed by atoms with E-state index in [2.05, 4.69) is 31.9 Å². The molecule has 7 amide bonds. The molecule has 0 radical (unpaired) electrons. The summed E-state index contributed by atoms with van der Waals surface area (Å²) in [6.45, 7) is -3.22. The molecule has 0 saturated heterocycles. The van der Waals surface area contributed by atoms with Crippen LogP contribution in [0.5, 0.6) is 0 Å². The third kappa shape index (κ3) is 39.7. The van der Waals surface area contributed by atoms with Crippen LogP contribution < -0.4 is 43.2 Å². The molecule has 600 valence electrons. The lowest BCUT2D eigenvalue weighted by Gasteiger charge is -2.32. The number of Topliss-reactive ketones (excluding diaryl/α,β-unsaturated/α-hetero) is 3. The van der Waals surface area contributed by atoms with Crippen molar-refractivity contribution in [1.29, 1.82) is 0 Å². The number of carbonyl (C=O) groups excluding carboxylic acids is 10. The van der Waals surface area contributed by atoms with Crippen molar-refractivity contribution in [3.63, 3.8) is 0 Å². The first-order valence-electron chi connectivity index (χ1n) is 32.5. The third-order valence-corrected chi connectivity index (χ3v) is 21.2. The molecule has 28 N–H and O–H groups in total. The molecule has 18 atom stereocenters. The summed E-state index contributed by atoms with van der Waals surface area (Å²) in [6.07, 6.45) is -36.1. The number of nitrogens with two attached hydrogens (primary N) is 1. The molecule has 0 aliphatic carbocycles. The summed E-state index contributed by atoms with van der Waals surface area (Å²) in [7, 11) is 4.28. The summed E-state index contributed by atoms with van der Waals surface area (Å²) < 4.78 is 3.38. The van der Waals surface area contributed by atoms with Crippen LogP contribution >= 0.6 is 43.2 Å². The molecule has 0 fully saturated rings. The molecule has 0 aliphatic heterocycles. The van der Waals surface area contributed by atoms with Crippen molar-refractivity contribution in [3.8, 4) is 0 Å². The van der Waals surface area contributed by atoms with Crippen LogP contribution in [-0.4, -0.2) is 340 Å². The molecule has 0 rings (SSSR count). The van der Waals surface area contributed by atoms with Crippen LogP contribution in [0.1, 0.15) is 104 Å². The van der Waals surface area contributed by atoms with E-state index in [4.69, 9.17) is 20.8 Å². The second kappa shape index (κ2) is 53.1. The van der Waals surface area contributed by atoms with Crippen molar-refractivity contribution in [2.75, 3.05) is 69.9 Å². The average molecular weight is 1580 g/mol. The second-order valence-corrected chi connectivity index (χ2v) is 30.0. The first kappa shape index (κ1) is 98.2. The van der Waals surface area contributed by atoms with E-state index in [0.29, 0.717) is 0 Å². The minimum absolute atomic E-state index is 0.0838. The van der Waals surface area contributed by atoms with Crippen molar-refractivity contribution in [1.82, 2.24) is 37.3 Å². The zero-order valence-electron chi connectivity index (χ0n) is 57.0. The minimum atomic E-state index is -2.19. The highest BCUT2D eigenvalue weighted by molar-refractivity contribution is 8.77. The fourth-order valence-electron chi connectivity index (χ4n) is 9.31. The fraction of sp³-hybridized carbons (Fsp3) is 0.780. The van der Waals surface area contributed by atoms with Crippen molar-refractivity contribution in [3.05, 3.63) is 0 Å². The molecule has 0 aliphatic rings. The third-order valence-electron chi connectivity index (χ3n) is 15.6. The highest BCUT2D eigenvalue weighted by atomic mass is 33.1. The van der Waals surface area contributed by atoms with Crippen LogP contribution in [0, 0.1) is 17.8 Å². The molecule has 0 saturated carbocycles. The number of hydrogen-bond donors (Lipinski definition) is 27. The quantitative estimate of drug-likeness (QED) is 0.00884. The molecule has 0 bridgehead atoms. The number of carbonyl (C=O) groups is 13. The molecular weight excluding hydrogens is 1480 g/mol. The molecule has 0 spiro atoms. The number of rotatable bonds is 60. The summed E-state index contributed by atoms with van der Waals surface area (Å²) in [4.78, 5) is 174. The van der Waals surface area contributed by atoms with Gasteiger partial charge in [-0.1, -0.05) is 43.2 Å². The van der Waals surface area contributed by atoms with Gasteiger partial charge >= 0.3 is 24.0 Å². The van der Waals surface area contributed by atoms with Crippen molar-refractivity contribution in [2.45, 2.75) is 200 Å². The molecule has 0 aromatic rings. The standard InChI is InChI=1S/C59H102N8O33S4/c1-59(2,104-103-17-14-68)53(57(97)98)66-56(96)30(5-10-44(83)63-24-38(77)49(90)52(93)41(80)27-71)21-35(74)33(7-12-46(86)87)65-55(95)29(4-9-43(82)62-23-37(76)48(89)51(92)40(79)26-70)20-34(73)32(6-11-45(84)85)64-54(94)28(19-31(72)13-16-101-102-18-15-100-58(99)67-60)3-8-42(81)61-22-36(75)47(88)50(91)39(78)25-69/h28-30,32-33,36-41,47-53,68-71,75-80,88-93H,3-27,60H2,1-2H3,(H,61,81)(H,62,82)(H,63,83)(H,64,94)(H,65,95)(H,66,96)(H,67,99)(H,84,85)(H,86,87)(H,97,98)/t28-,29-,30-,32+,33+,36+,37+,38+,39-,40-,41-,47-,48-,49-,50-,51-,52-,53-/m1/s1. The molecule has 0 unspecified atom stereocenters. The van der Waals surface area contributed by atoms with Crippen LogP contribution in [0.15, 0.2) is 0 Å². The predicted octanol–water partition coefficient (Wildman–Crippen LogP) is -9.50. The van der Waals surface area contributed by atoms with E-state index in [0.717, 1.165) is 32.4 Å². The monoisotopic (exact) mass is 1580 g/mol. The Morgan fingerprint density at radius 2 is 0.769 bits per heavy atom. The zero-order chi connectivity index (χ0) is 79.6. The Morgan fingerprint density at radius 3 is 1.11 bits per heavy atom. The summed E-state index contributed by atoms with van der Waals surface area (Å²) in [6, 6.07) is -5.70. The summed E-state index contributed by atoms with van der Waals surface area (Å²) in [5.74, 6) is -14.3. The topological polar surface area (TPSA) is 726 Å². The van der Waals surface area contributed by atoms with E-state index in [9.17, 15) is 149 Å². The zero-order valence-corrected chi connectivity index (χ0v) is 60.3. The molecule has 45 heteroatoms. The highest BCUT2D eigenvalue weighted by Gasteiger charge is 2.41. The molecule has 0 aromatic carbocycles. The van der Waals surface area contributed by atoms with Crippen LogP contribution in [0.3, 0.4) is 0 Å². The Bertz CT molecular complexity index is 2700.